The highest BCUT2D eigenvalue weighted by molar-refractivity contribution is 7.13. The van der Waals surface area contributed by atoms with Crippen molar-refractivity contribution in [2.45, 2.75) is 12.5 Å². The third-order valence-electron chi connectivity index (χ3n) is 5.25. The number of thiophene rings is 1. The summed E-state index contributed by atoms with van der Waals surface area (Å²) in [4.78, 5) is 26.1. The van der Waals surface area contributed by atoms with Gasteiger partial charge in [0.05, 0.1) is 52.0 Å². The number of amides is 3. The van der Waals surface area contributed by atoms with Gasteiger partial charge < -0.3 is 20.8 Å². The summed E-state index contributed by atoms with van der Waals surface area (Å²) >= 11 is 13.8. The maximum atomic E-state index is 12.8. The lowest BCUT2D eigenvalue weighted by Gasteiger charge is -2.14. The summed E-state index contributed by atoms with van der Waals surface area (Å²) in [6, 6.07) is 16.4. The van der Waals surface area contributed by atoms with Crippen molar-refractivity contribution in [3.63, 3.8) is 0 Å². The summed E-state index contributed by atoms with van der Waals surface area (Å²) in [5.41, 5.74) is 2.31. The number of carbonyl (C=O) groups is 2. The molecule has 0 aliphatic carbocycles. The number of urea groups is 1. The van der Waals surface area contributed by atoms with E-state index in [1.54, 1.807) is 53.2 Å². The fourth-order valence-corrected chi connectivity index (χ4v) is 4.52. The van der Waals surface area contributed by atoms with E-state index in [0.29, 0.717) is 33.5 Å². The molecule has 2 aromatic heterocycles. The van der Waals surface area contributed by atoms with Crippen LogP contribution in [0.15, 0.2) is 66.0 Å². The van der Waals surface area contributed by atoms with Gasteiger partial charge in [-0.2, -0.15) is 5.10 Å². The van der Waals surface area contributed by atoms with E-state index in [1.807, 2.05) is 17.5 Å². The zero-order chi connectivity index (χ0) is 26.4. The lowest BCUT2D eigenvalue weighted by atomic mass is 10.1. The van der Waals surface area contributed by atoms with Crippen molar-refractivity contribution >= 4 is 58.0 Å². The SMILES string of the molecule is O=C(Cc1cccc(-n2nc(-c3cccs3)cc2NC(=O)Nc2cccc(Cl)c2Cl)c1)NC(CO)CO. The normalized spacial score (nSPS) is 10.9. The van der Waals surface area contributed by atoms with Crippen LogP contribution >= 0.6 is 34.5 Å². The number of hydrogen-bond acceptors (Lipinski definition) is 6. The Morgan fingerprint density at radius 2 is 1.78 bits per heavy atom. The zero-order valence-corrected chi connectivity index (χ0v) is 21.6. The highest BCUT2D eigenvalue weighted by Crippen LogP contribution is 2.31. The summed E-state index contributed by atoms with van der Waals surface area (Å²) in [6.07, 6.45) is 0.0277. The molecule has 4 aromatic rings. The molecule has 0 bridgehead atoms. The molecule has 192 valence electrons. The molecule has 12 heteroatoms. The van der Waals surface area contributed by atoms with Crippen LogP contribution < -0.4 is 16.0 Å². The standard InChI is InChI=1S/C25H23Cl2N5O4S/c26-18-6-2-7-19(24(18)27)29-25(36)30-22-12-20(21-8-3-9-37-21)31-32(22)17-5-1-4-15(10-17)11-23(35)28-16(13-33)14-34/h1-10,12,16,33-34H,11,13-14H2,(H,28,35)(H2,29,30,36). The minimum atomic E-state index is -0.725. The first-order valence-electron chi connectivity index (χ1n) is 11.1. The maximum Gasteiger partial charge on any atom is 0.324 e. The van der Waals surface area contributed by atoms with E-state index in [0.717, 1.165) is 4.88 Å². The Hall–Kier alpha value is -3.41. The smallest absolute Gasteiger partial charge is 0.324 e. The number of carbonyl (C=O) groups excluding carboxylic acids is 2. The number of aliphatic hydroxyl groups is 2. The number of nitrogens with zero attached hydrogens (tertiary/aromatic N) is 2. The average Bonchev–Trinajstić information content (AvgIpc) is 3.56. The molecule has 5 N–H and O–H groups in total. The Labute approximate surface area is 226 Å². The molecule has 0 radical (unpaired) electrons. The Morgan fingerprint density at radius 3 is 2.51 bits per heavy atom. The van der Waals surface area contributed by atoms with Gasteiger partial charge in [-0.15, -0.1) is 11.3 Å². The lowest BCUT2D eigenvalue weighted by Crippen LogP contribution is -2.40. The van der Waals surface area contributed by atoms with Gasteiger partial charge in [-0.05, 0) is 41.3 Å². The van der Waals surface area contributed by atoms with Crippen LogP contribution in [0.25, 0.3) is 16.3 Å². The third-order valence-corrected chi connectivity index (χ3v) is 6.96. The molecule has 0 atom stereocenters. The number of anilines is 2. The van der Waals surface area contributed by atoms with Crippen LogP contribution in [-0.2, 0) is 11.2 Å². The number of aliphatic hydroxyl groups excluding tert-OH is 2. The molecular formula is C25H23Cl2N5O4S. The van der Waals surface area contributed by atoms with E-state index >= 15 is 0 Å². The summed E-state index contributed by atoms with van der Waals surface area (Å²) in [5.74, 6) is 0.0439. The third kappa shape index (κ3) is 6.68. The molecule has 3 amide bonds. The van der Waals surface area contributed by atoms with Gasteiger partial charge in [-0.3, -0.25) is 10.1 Å². The topological polar surface area (TPSA) is 129 Å². The second-order valence-electron chi connectivity index (χ2n) is 7.96. The molecule has 0 unspecified atom stereocenters. The summed E-state index contributed by atoms with van der Waals surface area (Å²) in [5, 5.41) is 33.6. The number of aromatic nitrogens is 2. The highest BCUT2D eigenvalue weighted by atomic mass is 35.5. The number of nitrogens with one attached hydrogen (secondary N) is 3. The minimum absolute atomic E-state index is 0.0277. The van der Waals surface area contributed by atoms with E-state index in [-0.39, 0.29) is 30.6 Å². The van der Waals surface area contributed by atoms with E-state index < -0.39 is 12.1 Å². The van der Waals surface area contributed by atoms with Crippen molar-refractivity contribution < 1.29 is 19.8 Å². The largest absolute Gasteiger partial charge is 0.394 e. The van der Waals surface area contributed by atoms with Crippen LogP contribution in [0.1, 0.15) is 5.56 Å². The Morgan fingerprint density at radius 1 is 1.00 bits per heavy atom. The van der Waals surface area contributed by atoms with E-state index in [2.05, 4.69) is 21.0 Å². The Balaban J connectivity index is 1.60. The predicted octanol–water partition coefficient (Wildman–Crippen LogP) is 4.56. The first kappa shape index (κ1) is 26.6. The maximum absolute atomic E-state index is 12.8. The molecule has 2 aromatic carbocycles. The molecule has 0 spiro atoms. The minimum Gasteiger partial charge on any atom is -0.394 e. The summed E-state index contributed by atoms with van der Waals surface area (Å²) in [7, 11) is 0. The Kier molecular flexibility index (Phi) is 8.80. The lowest BCUT2D eigenvalue weighted by molar-refractivity contribution is -0.121. The van der Waals surface area contributed by atoms with E-state index in [9.17, 15) is 19.8 Å². The van der Waals surface area contributed by atoms with Crippen molar-refractivity contribution in [3.8, 4) is 16.3 Å². The van der Waals surface area contributed by atoms with Gasteiger partial charge in [-0.25, -0.2) is 9.48 Å². The number of halogens is 2. The second kappa shape index (κ2) is 12.2. The first-order valence-corrected chi connectivity index (χ1v) is 12.8. The summed E-state index contributed by atoms with van der Waals surface area (Å²) < 4.78 is 1.57. The number of hydrogen-bond donors (Lipinski definition) is 5. The molecule has 9 nitrogen and oxygen atoms in total. The molecular weight excluding hydrogens is 537 g/mol. The first-order chi connectivity index (χ1) is 17.9. The van der Waals surface area contributed by atoms with Crippen LogP contribution in [-0.4, -0.2) is 51.2 Å². The van der Waals surface area contributed by atoms with Crippen LogP contribution in [0.4, 0.5) is 16.3 Å². The number of benzene rings is 2. The van der Waals surface area contributed by atoms with E-state index in [1.165, 1.54) is 11.3 Å². The molecule has 0 aliphatic rings. The number of rotatable bonds is 9. The van der Waals surface area contributed by atoms with Gasteiger partial charge in [0.1, 0.15) is 11.5 Å². The molecule has 37 heavy (non-hydrogen) atoms. The van der Waals surface area contributed by atoms with Gasteiger partial charge in [0, 0.05) is 6.07 Å². The predicted molar refractivity (Wildman–Crippen MR) is 146 cm³/mol. The molecule has 0 aliphatic heterocycles. The van der Waals surface area contributed by atoms with E-state index in [4.69, 9.17) is 23.2 Å². The van der Waals surface area contributed by atoms with Crippen molar-refractivity contribution in [3.05, 3.63) is 81.7 Å². The highest BCUT2D eigenvalue weighted by Gasteiger charge is 2.17. The van der Waals surface area contributed by atoms with Crippen molar-refractivity contribution in [1.29, 1.82) is 0 Å². The summed E-state index contributed by atoms with van der Waals surface area (Å²) in [6.45, 7) is -0.725. The second-order valence-corrected chi connectivity index (χ2v) is 9.69. The van der Waals surface area contributed by atoms with Gasteiger partial charge in [-0.1, -0.05) is 47.5 Å². The van der Waals surface area contributed by atoms with Crippen LogP contribution in [0, 0.1) is 0 Å². The zero-order valence-electron chi connectivity index (χ0n) is 19.3. The van der Waals surface area contributed by atoms with Crippen LogP contribution in [0.3, 0.4) is 0 Å². The monoisotopic (exact) mass is 559 g/mol. The van der Waals surface area contributed by atoms with Crippen molar-refractivity contribution in [2.24, 2.45) is 0 Å². The fourth-order valence-electron chi connectivity index (χ4n) is 3.49. The molecule has 0 saturated carbocycles. The molecule has 0 fully saturated rings. The van der Waals surface area contributed by atoms with Crippen LogP contribution in [0.2, 0.25) is 10.0 Å². The van der Waals surface area contributed by atoms with Crippen LogP contribution in [0.5, 0.6) is 0 Å². The molecule has 4 rings (SSSR count). The van der Waals surface area contributed by atoms with Gasteiger partial charge in [0.15, 0.2) is 0 Å². The van der Waals surface area contributed by atoms with Gasteiger partial charge >= 0.3 is 6.03 Å². The quantitative estimate of drug-likeness (QED) is 0.205. The molecule has 2 heterocycles. The van der Waals surface area contributed by atoms with Crippen molar-refractivity contribution in [1.82, 2.24) is 15.1 Å². The van der Waals surface area contributed by atoms with Gasteiger partial charge in [0.2, 0.25) is 5.91 Å². The molecule has 0 saturated heterocycles. The fraction of sp³-hybridized carbons (Fsp3) is 0.160. The average molecular weight is 560 g/mol. The van der Waals surface area contributed by atoms with Gasteiger partial charge in [0.25, 0.3) is 0 Å². The van der Waals surface area contributed by atoms with Crippen molar-refractivity contribution in [2.75, 3.05) is 23.8 Å². The Bertz CT molecular complexity index is 1390.